The number of carbonyl (C=O) groups is 2. The zero-order valence-corrected chi connectivity index (χ0v) is 18.3. The first-order valence-electron chi connectivity index (χ1n) is 9.55. The molecule has 0 N–H and O–H groups in total. The van der Waals surface area contributed by atoms with Crippen LogP contribution < -0.4 is 4.31 Å². The van der Waals surface area contributed by atoms with Gasteiger partial charge in [-0.25, -0.2) is 17.5 Å². The van der Waals surface area contributed by atoms with E-state index >= 15 is 0 Å². The molecule has 0 aliphatic heterocycles. The number of non-ortho nitro benzene ring substituents is 1. The van der Waals surface area contributed by atoms with Gasteiger partial charge in [0.25, 0.3) is 15.7 Å². The molecular weight excluding hydrogens is 440 g/mol. The highest BCUT2D eigenvalue weighted by molar-refractivity contribution is 7.93. The van der Waals surface area contributed by atoms with E-state index in [9.17, 15) is 28.1 Å². The molecule has 0 aliphatic rings. The number of sulfonamides is 1. The van der Waals surface area contributed by atoms with Gasteiger partial charge in [0.15, 0.2) is 0 Å². The summed E-state index contributed by atoms with van der Waals surface area (Å²) in [5.74, 6) is -1.12. The van der Waals surface area contributed by atoms with Crippen molar-refractivity contribution in [3.05, 3.63) is 63.9 Å². The molecule has 0 saturated heterocycles. The van der Waals surface area contributed by atoms with Gasteiger partial charge in [-0.05, 0) is 37.6 Å². The highest BCUT2D eigenvalue weighted by Gasteiger charge is 2.32. The molecule has 3 aromatic rings. The summed E-state index contributed by atoms with van der Waals surface area (Å²) in [6, 6.07) is 8.61. The topological polar surface area (TPSA) is 137 Å². The van der Waals surface area contributed by atoms with Gasteiger partial charge in [0.1, 0.15) is 16.9 Å². The normalized spacial score (nSPS) is 11.3. The van der Waals surface area contributed by atoms with Crippen LogP contribution in [0.1, 0.15) is 35.9 Å². The van der Waals surface area contributed by atoms with Crippen molar-refractivity contribution in [2.24, 2.45) is 0 Å². The summed E-state index contributed by atoms with van der Waals surface area (Å²) >= 11 is 0. The van der Waals surface area contributed by atoms with E-state index < -0.39 is 37.4 Å². The van der Waals surface area contributed by atoms with Gasteiger partial charge in [-0.15, -0.1) is 0 Å². The predicted molar refractivity (Wildman–Crippen MR) is 115 cm³/mol. The van der Waals surface area contributed by atoms with Crippen molar-refractivity contribution in [1.29, 1.82) is 0 Å². The van der Waals surface area contributed by atoms with Crippen molar-refractivity contribution in [2.45, 2.75) is 31.6 Å². The Hall–Kier alpha value is -3.73. The minimum atomic E-state index is -4.50. The Kier molecular flexibility index (Phi) is 6.30. The first kappa shape index (κ1) is 22.9. The summed E-state index contributed by atoms with van der Waals surface area (Å²) in [4.78, 5) is 35.1. The Morgan fingerprint density at radius 1 is 1.19 bits per heavy atom. The Bertz CT molecular complexity index is 1330. The van der Waals surface area contributed by atoms with Gasteiger partial charge in [-0.3, -0.25) is 14.9 Å². The fourth-order valence-electron chi connectivity index (χ4n) is 3.29. The summed E-state index contributed by atoms with van der Waals surface area (Å²) in [6.07, 6.45) is 0.292. The molecule has 0 bridgehead atoms. The minimum Gasteiger partial charge on any atom is -0.465 e. The van der Waals surface area contributed by atoms with Crippen LogP contribution in [-0.2, 0) is 19.6 Å². The number of aryl methyl sites for hydroxylation is 1. The van der Waals surface area contributed by atoms with Gasteiger partial charge in [-0.1, -0.05) is 13.0 Å². The average molecular weight is 460 g/mol. The standard InChI is InChI=1S/C21H20N2O8S/c1-4-6-19(24)22(32(28,29)16-8-5-7-15(11-16)23(26)27)14-9-10-18-17(12-14)20(13(2)31-18)21(25)30-3/h5,7-12H,4,6H2,1-3H3. The van der Waals surface area contributed by atoms with E-state index in [1.807, 2.05) is 0 Å². The maximum Gasteiger partial charge on any atom is 0.342 e. The van der Waals surface area contributed by atoms with Crippen LogP contribution in [0.5, 0.6) is 0 Å². The van der Waals surface area contributed by atoms with Gasteiger partial charge in [0.05, 0.1) is 22.6 Å². The van der Waals surface area contributed by atoms with Crippen molar-refractivity contribution >= 4 is 44.2 Å². The average Bonchev–Trinajstić information content (AvgIpc) is 3.08. The predicted octanol–water partition coefficient (Wildman–Crippen LogP) is 3.96. The molecule has 0 fully saturated rings. The molecule has 0 aliphatic carbocycles. The minimum absolute atomic E-state index is 0.0339. The molecule has 1 amide bonds. The number of nitro groups is 1. The molecule has 0 radical (unpaired) electrons. The third kappa shape index (κ3) is 4.06. The number of benzene rings is 2. The first-order chi connectivity index (χ1) is 15.1. The zero-order chi connectivity index (χ0) is 23.6. The van der Waals surface area contributed by atoms with Crippen LogP contribution in [0.25, 0.3) is 11.0 Å². The van der Waals surface area contributed by atoms with Gasteiger partial charge in [0.2, 0.25) is 5.91 Å². The lowest BCUT2D eigenvalue weighted by molar-refractivity contribution is -0.385. The highest BCUT2D eigenvalue weighted by Crippen LogP contribution is 2.33. The maximum absolute atomic E-state index is 13.4. The molecule has 0 atom stereocenters. The number of carbonyl (C=O) groups excluding carboxylic acids is 2. The molecule has 168 valence electrons. The number of nitro benzene ring substituents is 1. The number of anilines is 1. The molecule has 11 heteroatoms. The largest absolute Gasteiger partial charge is 0.465 e. The molecule has 0 unspecified atom stereocenters. The number of ether oxygens (including phenoxy) is 1. The number of amides is 1. The summed E-state index contributed by atoms with van der Waals surface area (Å²) < 4.78 is 37.7. The summed E-state index contributed by atoms with van der Waals surface area (Å²) in [6.45, 7) is 3.28. The SMILES string of the molecule is CCCC(=O)N(c1ccc2oc(C)c(C(=O)OC)c2c1)S(=O)(=O)c1cccc([N+](=O)[O-])c1. The smallest absolute Gasteiger partial charge is 0.342 e. The van der Waals surface area contributed by atoms with Gasteiger partial charge < -0.3 is 9.15 Å². The van der Waals surface area contributed by atoms with E-state index in [1.165, 1.54) is 37.4 Å². The Balaban J connectivity index is 2.23. The quantitative estimate of drug-likeness (QED) is 0.293. The molecule has 0 spiro atoms. The van der Waals surface area contributed by atoms with Crippen molar-refractivity contribution in [2.75, 3.05) is 11.4 Å². The van der Waals surface area contributed by atoms with E-state index in [1.54, 1.807) is 13.8 Å². The van der Waals surface area contributed by atoms with Crippen LogP contribution >= 0.6 is 0 Å². The van der Waals surface area contributed by atoms with E-state index in [4.69, 9.17) is 9.15 Å². The Labute approximate surface area is 183 Å². The van der Waals surface area contributed by atoms with Gasteiger partial charge in [0, 0.05) is 23.9 Å². The molecule has 1 heterocycles. The Morgan fingerprint density at radius 3 is 2.53 bits per heavy atom. The van der Waals surface area contributed by atoms with Crippen LogP contribution in [0.2, 0.25) is 0 Å². The second-order valence-corrected chi connectivity index (χ2v) is 8.66. The molecule has 1 aromatic heterocycles. The van der Waals surface area contributed by atoms with Crippen LogP contribution in [0, 0.1) is 17.0 Å². The highest BCUT2D eigenvalue weighted by atomic mass is 32.2. The number of fused-ring (bicyclic) bond motifs is 1. The molecule has 2 aromatic carbocycles. The number of methoxy groups -OCH3 is 1. The number of hydrogen-bond donors (Lipinski definition) is 0. The monoisotopic (exact) mass is 460 g/mol. The van der Waals surface area contributed by atoms with Crippen LogP contribution in [0.4, 0.5) is 11.4 Å². The van der Waals surface area contributed by atoms with Crippen LogP contribution in [0.3, 0.4) is 0 Å². The third-order valence-electron chi connectivity index (χ3n) is 4.73. The fourth-order valence-corrected chi connectivity index (χ4v) is 4.77. The molecule has 32 heavy (non-hydrogen) atoms. The van der Waals surface area contributed by atoms with Crippen molar-refractivity contribution < 1.29 is 32.1 Å². The number of rotatable bonds is 7. The third-order valence-corrected chi connectivity index (χ3v) is 6.47. The number of esters is 1. The van der Waals surface area contributed by atoms with Crippen molar-refractivity contribution in [3.8, 4) is 0 Å². The van der Waals surface area contributed by atoms with E-state index in [-0.39, 0.29) is 28.8 Å². The summed E-state index contributed by atoms with van der Waals surface area (Å²) in [7, 11) is -3.30. The van der Waals surface area contributed by atoms with E-state index in [0.29, 0.717) is 16.3 Å². The molecule has 0 saturated carbocycles. The van der Waals surface area contributed by atoms with Crippen LogP contribution in [0.15, 0.2) is 51.8 Å². The lowest BCUT2D eigenvalue weighted by atomic mass is 10.1. The van der Waals surface area contributed by atoms with Crippen molar-refractivity contribution in [3.63, 3.8) is 0 Å². The summed E-state index contributed by atoms with van der Waals surface area (Å²) in [5.41, 5.74) is -0.0430. The van der Waals surface area contributed by atoms with E-state index in [2.05, 4.69) is 0 Å². The molecule has 10 nitrogen and oxygen atoms in total. The van der Waals surface area contributed by atoms with E-state index in [0.717, 1.165) is 12.1 Å². The number of furan rings is 1. The lowest BCUT2D eigenvalue weighted by Crippen LogP contribution is -2.36. The zero-order valence-electron chi connectivity index (χ0n) is 17.5. The molecule has 3 rings (SSSR count). The lowest BCUT2D eigenvalue weighted by Gasteiger charge is -2.22. The van der Waals surface area contributed by atoms with Gasteiger partial charge in [-0.2, -0.15) is 0 Å². The second kappa shape index (κ2) is 8.79. The van der Waals surface area contributed by atoms with Crippen molar-refractivity contribution in [1.82, 2.24) is 0 Å². The Morgan fingerprint density at radius 2 is 1.91 bits per heavy atom. The fraction of sp³-hybridized carbons (Fsp3) is 0.238. The van der Waals surface area contributed by atoms with Crippen LogP contribution in [-0.4, -0.2) is 32.3 Å². The van der Waals surface area contributed by atoms with Gasteiger partial charge >= 0.3 is 5.97 Å². The number of hydrogen-bond acceptors (Lipinski definition) is 8. The first-order valence-corrected chi connectivity index (χ1v) is 11.0. The second-order valence-electron chi connectivity index (χ2n) is 6.87. The molecular formula is C21H20N2O8S. The summed E-state index contributed by atoms with van der Waals surface area (Å²) in [5, 5.41) is 11.4. The number of nitrogens with zero attached hydrogens (tertiary/aromatic N) is 2. The maximum atomic E-state index is 13.4.